The summed E-state index contributed by atoms with van der Waals surface area (Å²) >= 11 is 0. The van der Waals surface area contributed by atoms with Crippen LogP contribution >= 0.6 is 0 Å². The predicted molar refractivity (Wildman–Crippen MR) is 191 cm³/mol. The molecule has 2 saturated heterocycles. The highest BCUT2D eigenvalue weighted by Gasteiger charge is 2.25. The lowest BCUT2D eigenvalue weighted by Crippen LogP contribution is -2.44. The number of hydrogen-bond acceptors (Lipinski definition) is 12. The summed E-state index contributed by atoms with van der Waals surface area (Å²) in [5.74, 6) is 3.72. The predicted octanol–water partition coefficient (Wildman–Crippen LogP) is 3.22. The molecule has 2 aliphatic rings. The van der Waals surface area contributed by atoms with Crippen LogP contribution in [0.3, 0.4) is 0 Å². The maximum atomic E-state index is 12.9. The van der Waals surface area contributed by atoms with Crippen molar-refractivity contribution < 1.29 is 13.9 Å². The number of rotatable bonds is 12. The lowest BCUT2D eigenvalue weighted by molar-refractivity contribution is 0.209. The molecule has 4 aromatic rings. The van der Waals surface area contributed by atoms with Crippen LogP contribution in [0.25, 0.3) is 0 Å². The molecule has 2 fully saturated rings. The van der Waals surface area contributed by atoms with E-state index < -0.39 is 0 Å². The molecule has 0 saturated carbocycles. The lowest BCUT2D eigenvalue weighted by atomic mass is 10.0. The van der Waals surface area contributed by atoms with E-state index in [1.54, 1.807) is 14.2 Å². The number of aromatic amines is 2. The number of aromatic nitrogens is 6. The smallest absolute Gasteiger partial charge is 0.241 e. The molecule has 49 heavy (non-hydrogen) atoms. The molecule has 0 unspecified atom stereocenters. The Balaban J connectivity index is 0.000000192. The minimum atomic E-state index is -0.178. The zero-order valence-corrected chi connectivity index (χ0v) is 29.1. The van der Waals surface area contributed by atoms with Crippen LogP contribution in [0.5, 0.6) is 11.5 Å². The lowest BCUT2D eigenvalue weighted by Gasteiger charge is -2.36. The highest BCUT2D eigenvalue weighted by atomic mass is 19.1. The van der Waals surface area contributed by atoms with Gasteiger partial charge in [0, 0.05) is 51.4 Å². The van der Waals surface area contributed by atoms with Gasteiger partial charge < -0.3 is 40.5 Å². The first-order chi connectivity index (χ1) is 23.7. The number of anilines is 4. The van der Waals surface area contributed by atoms with Gasteiger partial charge in [0.2, 0.25) is 23.8 Å². The van der Waals surface area contributed by atoms with Crippen LogP contribution in [0.2, 0.25) is 0 Å². The zero-order valence-electron chi connectivity index (χ0n) is 29.1. The van der Waals surface area contributed by atoms with Crippen LogP contribution in [0, 0.1) is 5.82 Å². The number of halogens is 1. The van der Waals surface area contributed by atoms with Gasteiger partial charge in [-0.25, -0.2) is 14.6 Å². The first kappa shape index (κ1) is 35.7. The fourth-order valence-electron chi connectivity index (χ4n) is 6.55. The number of likely N-dealkylation sites (N-methyl/N-ethyl adjacent to an activating group) is 2. The van der Waals surface area contributed by atoms with Crippen molar-refractivity contribution in [2.75, 3.05) is 88.9 Å². The Labute approximate surface area is 288 Å². The fraction of sp³-hybridized carbons (Fsp3) is 0.529. The van der Waals surface area contributed by atoms with Gasteiger partial charge in [-0.15, -0.1) is 10.2 Å². The average Bonchev–Trinajstić information content (AvgIpc) is 3.78. The van der Waals surface area contributed by atoms with E-state index in [2.05, 4.69) is 70.1 Å². The molecule has 4 heterocycles. The van der Waals surface area contributed by atoms with Crippen LogP contribution in [-0.2, 0) is 12.8 Å². The second-order valence-electron chi connectivity index (χ2n) is 12.7. The summed E-state index contributed by atoms with van der Waals surface area (Å²) in [4.78, 5) is 17.6. The number of nitrogen functional groups attached to an aromatic ring is 2. The summed E-state index contributed by atoms with van der Waals surface area (Å²) in [5, 5.41) is 13.5. The molecule has 2 aromatic heterocycles. The van der Waals surface area contributed by atoms with Crippen molar-refractivity contribution in [1.29, 1.82) is 0 Å². The summed E-state index contributed by atoms with van der Waals surface area (Å²) in [5.41, 5.74) is 13.5. The van der Waals surface area contributed by atoms with Crippen molar-refractivity contribution >= 4 is 23.8 Å². The van der Waals surface area contributed by atoms with Crippen LogP contribution in [0.15, 0.2) is 42.5 Å². The molecule has 0 spiro atoms. The van der Waals surface area contributed by atoms with Crippen molar-refractivity contribution in [2.45, 2.75) is 50.6 Å². The Kier molecular flexibility index (Phi) is 12.5. The highest BCUT2D eigenvalue weighted by molar-refractivity contribution is 5.40. The second-order valence-corrected chi connectivity index (χ2v) is 12.7. The van der Waals surface area contributed by atoms with Gasteiger partial charge in [0.25, 0.3) is 0 Å². The minimum absolute atomic E-state index is 0.178. The molecule has 6 rings (SSSR count). The standard InChI is InChI=1S/C18H28N6O2.C16H23FN6/c1-23(9-6-13-12-15(25-2)4-5-16(13)26-3)14-7-10-24(11-8-14)18-20-17(19)21-22-18;1-22(9-6-12-2-4-13(17)5-3-12)14-7-10-23(11-8-14)16-19-15(18)20-21-16/h4-5,12,14H,6-11H2,1-3H3,(H3,19,20,21,22);2-5,14H,6-11H2,1H3,(H3,18,19,20,21). The van der Waals surface area contributed by atoms with E-state index in [0.717, 1.165) is 101 Å². The Morgan fingerprint density at radius 2 is 1.27 bits per heavy atom. The summed E-state index contributed by atoms with van der Waals surface area (Å²) in [6.07, 6.45) is 6.21. The first-order valence-corrected chi connectivity index (χ1v) is 16.9. The molecule has 0 radical (unpaired) electrons. The number of nitrogens with two attached hydrogens (primary N) is 2. The molecule has 0 bridgehead atoms. The SMILES string of the molecule is CN(CCc1ccc(F)cc1)C1CCN(c2nc(N)n[nH]2)CC1.COc1ccc(OC)c(CCN(C)C2CCN(c3nc(N)n[nH]3)CC2)c1. The van der Waals surface area contributed by atoms with Gasteiger partial charge in [-0.05, 0) is 94.1 Å². The van der Waals surface area contributed by atoms with Crippen molar-refractivity contribution in [2.24, 2.45) is 0 Å². The summed E-state index contributed by atoms with van der Waals surface area (Å²) in [6.45, 7) is 5.74. The molecule has 6 N–H and O–H groups in total. The maximum Gasteiger partial charge on any atom is 0.241 e. The summed E-state index contributed by atoms with van der Waals surface area (Å²) in [6, 6.07) is 13.8. The fourth-order valence-corrected chi connectivity index (χ4v) is 6.55. The molecular weight excluding hydrogens is 627 g/mol. The molecule has 2 aliphatic heterocycles. The zero-order chi connectivity index (χ0) is 34.8. The third kappa shape index (κ3) is 9.95. The van der Waals surface area contributed by atoms with Gasteiger partial charge in [0.15, 0.2) is 0 Å². The number of benzene rings is 2. The summed E-state index contributed by atoms with van der Waals surface area (Å²) < 4.78 is 23.7. The molecule has 15 heteroatoms. The Morgan fingerprint density at radius 1 is 0.755 bits per heavy atom. The van der Waals surface area contributed by atoms with Gasteiger partial charge in [0.05, 0.1) is 14.2 Å². The van der Waals surface area contributed by atoms with Crippen molar-refractivity contribution in [3.8, 4) is 11.5 Å². The summed E-state index contributed by atoms with van der Waals surface area (Å²) in [7, 11) is 7.75. The Hall–Kier alpha value is -4.63. The van der Waals surface area contributed by atoms with Gasteiger partial charge in [0.1, 0.15) is 17.3 Å². The number of piperidine rings is 2. The highest BCUT2D eigenvalue weighted by Crippen LogP contribution is 2.26. The van der Waals surface area contributed by atoms with Gasteiger partial charge in [-0.1, -0.05) is 12.1 Å². The number of nitrogens with zero attached hydrogens (tertiary/aromatic N) is 8. The maximum absolute atomic E-state index is 12.9. The normalized spacial score (nSPS) is 15.8. The molecule has 0 atom stereocenters. The first-order valence-electron chi connectivity index (χ1n) is 16.9. The molecule has 0 aliphatic carbocycles. The van der Waals surface area contributed by atoms with E-state index in [4.69, 9.17) is 20.9 Å². The van der Waals surface area contributed by atoms with E-state index in [1.807, 2.05) is 24.3 Å². The Morgan fingerprint density at radius 3 is 1.71 bits per heavy atom. The van der Waals surface area contributed by atoms with Crippen molar-refractivity contribution in [1.82, 2.24) is 40.2 Å². The van der Waals surface area contributed by atoms with Crippen LogP contribution in [-0.4, -0.2) is 120 Å². The largest absolute Gasteiger partial charge is 0.497 e. The van der Waals surface area contributed by atoms with E-state index in [1.165, 1.54) is 23.3 Å². The van der Waals surface area contributed by atoms with Crippen LogP contribution < -0.4 is 30.7 Å². The number of nitrogens with one attached hydrogen (secondary N) is 2. The van der Waals surface area contributed by atoms with E-state index >= 15 is 0 Å². The van der Waals surface area contributed by atoms with Crippen LogP contribution in [0.1, 0.15) is 36.8 Å². The van der Waals surface area contributed by atoms with E-state index in [-0.39, 0.29) is 5.82 Å². The van der Waals surface area contributed by atoms with Gasteiger partial charge in [-0.3, -0.25) is 0 Å². The number of ether oxygens (including phenoxy) is 2. The number of methoxy groups -OCH3 is 2. The molecule has 266 valence electrons. The van der Waals surface area contributed by atoms with E-state index in [0.29, 0.717) is 24.0 Å². The molecule has 0 amide bonds. The molecular formula is C34H51FN12O2. The second kappa shape index (κ2) is 17.2. The Bertz CT molecular complexity index is 1570. The average molecular weight is 679 g/mol. The third-order valence-electron chi connectivity index (χ3n) is 9.64. The van der Waals surface area contributed by atoms with Crippen LogP contribution in [0.4, 0.5) is 28.2 Å². The van der Waals surface area contributed by atoms with Gasteiger partial charge in [-0.2, -0.15) is 9.97 Å². The molecule has 2 aromatic carbocycles. The molecule has 14 nitrogen and oxygen atoms in total. The van der Waals surface area contributed by atoms with Crippen molar-refractivity contribution in [3.05, 3.63) is 59.4 Å². The van der Waals surface area contributed by atoms with Crippen molar-refractivity contribution in [3.63, 3.8) is 0 Å². The topological polar surface area (TPSA) is 167 Å². The van der Waals surface area contributed by atoms with E-state index in [9.17, 15) is 4.39 Å². The number of hydrogen-bond donors (Lipinski definition) is 4. The number of H-pyrrole nitrogens is 2. The third-order valence-corrected chi connectivity index (χ3v) is 9.64. The monoisotopic (exact) mass is 678 g/mol. The quantitative estimate of drug-likeness (QED) is 0.173. The minimum Gasteiger partial charge on any atom is -0.497 e. The van der Waals surface area contributed by atoms with Gasteiger partial charge >= 0.3 is 0 Å².